The molecule has 1 aliphatic heterocycles. The summed E-state index contributed by atoms with van der Waals surface area (Å²) < 4.78 is 14.3. The molecule has 1 unspecified atom stereocenters. The molecule has 1 saturated heterocycles. The highest BCUT2D eigenvalue weighted by atomic mass is 16.8. The van der Waals surface area contributed by atoms with Gasteiger partial charge in [0.1, 0.15) is 6.61 Å². The van der Waals surface area contributed by atoms with Crippen LogP contribution in [0.5, 0.6) is 0 Å². The van der Waals surface area contributed by atoms with Crippen molar-refractivity contribution >= 4 is 12.1 Å². The van der Waals surface area contributed by atoms with Crippen LogP contribution in [0, 0.1) is 0 Å². The van der Waals surface area contributed by atoms with E-state index in [0.717, 1.165) is 6.42 Å². The van der Waals surface area contributed by atoms with Crippen molar-refractivity contribution in [3.8, 4) is 0 Å². The van der Waals surface area contributed by atoms with E-state index in [1.165, 1.54) is 6.08 Å². The van der Waals surface area contributed by atoms with E-state index in [1.807, 2.05) is 0 Å². The van der Waals surface area contributed by atoms with Crippen molar-refractivity contribution in [3.05, 3.63) is 12.7 Å². The van der Waals surface area contributed by atoms with E-state index in [1.54, 1.807) is 0 Å². The largest absolute Gasteiger partial charge is 0.511 e. The lowest BCUT2D eigenvalue weighted by Crippen LogP contribution is -2.48. The molecule has 0 spiro atoms. The van der Waals surface area contributed by atoms with Crippen molar-refractivity contribution < 1.29 is 28.9 Å². The highest BCUT2D eigenvalue weighted by molar-refractivity contribution is 5.78. The fraction of sp³-hybridized carbons (Fsp3) is 0.600. The van der Waals surface area contributed by atoms with Crippen LogP contribution in [0.4, 0.5) is 4.79 Å². The molecular weight excluding hydrogens is 216 g/mol. The van der Waals surface area contributed by atoms with Crippen LogP contribution in [0.2, 0.25) is 0 Å². The lowest BCUT2D eigenvalue weighted by Gasteiger charge is -2.31. The summed E-state index contributed by atoms with van der Waals surface area (Å²) in [5, 5.41) is 8.99. The Hall–Kier alpha value is -1.56. The molecule has 6 nitrogen and oxygen atoms in total. The summed E-state index contributed by atoms with van der Waals surface area (Å²) in [5.74, 6) is -3.21. The number of carbonyl (C=O) groups is 2. The van der Waals surface area contributed by atoms with Crippen molar-refractivity contribution in [2.24, 2.45) is 0 Å². The molecule has 1 atom stereocenters. The van der Waals surface area contributed by atoms with E-state index in [2.05, 4.69) is 11.3 Å². The smallest absolute Gasteiger partial charge is 0.476 e. The molecule has 0 aromatic carbocycles. The van der Waals surface area contributed by atoms with Gasteiger partial charge in [-0.1, -0.05) is 12.7 Å². The maximum Gasteiger partial charge on any atom is 0.511 e. The minimum absolute atomic E-state index is 0.0332. The van der Waals surface area contributed by atoms with Gasteiger partial charge in [0.15, 0.2) is 0 Å². The lowest BCUT2D eigenvalue weighted by molar-refractivity contribution is -0.240. The van der Waals surface area contributed by atoms with E-state index in [9.17, 15) is 9.59 Å². The molecule has 1 N–H and O–H groups in total. The van der Waals surface area contributed by atoms with Crippen LogP contribution in [0.1, 0.15) is 19.3 Å². The molecule has 6 heteroatoms. The second-order valence-corrected chi connectivity index (χ2v) is 3.32. The Morgan fingerprint density at radius 3 is 2.75 bits per heavy atom. The zero-order chi connectivity index (χ0) is 12.0. The van der Waals surface area contributed by atoms with Crippen LogP contribution in [0.25, 0.3) is 0 Å². The third-order valence-electron chi connectivity index (χ3n) is 2.13. The lowest BCUT2D eigenvalue weighted by atomic mass is 10.1. The summed E-state index contributed by atoms with van der Waals surface area (Å²) in [7, 11) is 0. The maximum absolute atomic E-state index is 11.1. The Labute approximate surface area is 92.8 Å². The van der Waals surface area contributed by atoms with Crippen molar-refractivity contribution in [2.75, 3.05) is 13.2 Å². The summed E-state index contributed by atoms with van der Waals surface area (Å²) in [4.78, 5) is 22.2. The minimum Gasteiger partial charge on any atom is -0.476 e. The average Bonchev–Trinajstić information content (AvgIpc) is 2.27. The topological polar surface area (TPSA) is 82.1 Å². The van der Waals surface area contributed by atoms with Gasteiger partial charge in [0, 0.05) is 6.42 Å². The molecule has 1 fully saturated rings. The van der Waals surface area contributed by atoms with Crippen LogP contribution < -0.4 is 0 Å². The predicted molar refractivity (Wildman–Crippen MR) is 52.8 cm³/mol. The normalized spacial score (nSPS) is 24.5. The summed E-state index contributed by atoms with van der Waals surface area (Å²) in [6.07, 6.45) is 1.80. The van der Waals surface area contributed by atoms with Crippen LogP contribution >= 0.6 is 0 Å². The number of hydrogen-bond acceptors (Lipinski definition) is 5. The summed E-state index contributed by atoms with van der Waals surface area (Å²) in [6.45, 7) is 3.57. The molecule has 0 amide bonds. The van der Waals surface area contributed by atoms with E-state index in [0.29, 0.717) is 6.42 Å². The first kappa shape index (κ1) is 12.5. The van der Waals surface area contributed by atoms with Crippen molar-refractivity contribution in [1.82, 2.24) is 0 Å². The molecule has 0 radical (unpaired) electrons. The molecule has 1 rings (SSSR count). The third kappa shape index (κ3) is 2.96. The first-order chi connectivity index (χ1) is 7.60. The molecule has 0 bridgehead atoms. The predicted octanol–water partition coefficient (Wildman–Crippen LogP) is 1.31. The van der Waals surface area contributed by atoms with Crippen molar-refractivity contribution in [1.29, 1.82) is 0 Å². The van der Waals surface area contributed by atoms with Gasteiger partial charge in [-0.25, -0.2) is 9.59 Å². The summed E-state index contributed by atoms with van der Waals surface area (Å²) >= 11 is 0. The molecule has 0 aromatic heterocycles. The number of hydrogen-bond donors (Lipinski definition) is 1. The van der Waals surface area contributed by atoms with Crippen LogP contribution in [-0.4, -0.2) is 36.2 Å². The molecular formula is C10H14O6. The van der Waals surface area contributed by atoms with Crippen LogP contribution in [-0.2, 0) is 19.0 Å². The SMILES string of the molecule is C=CCOC(=O)OC1(C(=O)O)CCCCO1. The van der Waals surface area contributed by atoms with Gasteiger partial charge in [-0.15, -0.1) is 0 Å². The minimum atomic E-state index is -1.89. The van der Waals surface area contributed by atoms with Gasteiger partial charge in [-0.05, 0) is 12.8 Å². The Kier molecular flexibility index (Phi) is 4.30. The number of carboxylic acid groups (broad SMARTS) is 1. The Morgan fingerprint density at radius 2 is 2.25 bits per heavy atom. The van der Waals surface area contributed by atoms with Crippen LogP contribution in [0.3, 0.4) is 0 Å². The zero-order valence-electron chi connectivity index (χ0n) is 8.81. The average molecular weight is 230 g/mol. The maximum atomic E-state index is 11.1. The fourth-order valence-corrected chi connectivity index (χ4v) is 1.35. The Bertz CT molecular complexity index is 279. The first-order valence-electron chi connectivity index (χ1n) is 4.95. The second-order valence-electron chi connectivity index (χ2n) is 3.32. The quantitative estimate of drug-likeness (QED) is 0.579. The van der Waals surface area contributed by atoms with Gasteiger partial charge in [-0.2, -0.15) is 0 Å². The van der Waals surface area contributed by atoms with Gasteiger partial charge in [0.05, 0.1) is 6.61 Å². The number of rotatable bonds is 4. The zero-order valence-corrected chi connectivity index (χ0v) is 8.81. The van der Waals surface area contributed by atoms with E-state index in [-0.39, 0.29) is 19.6 Å². The van der Waals surface area contributed by atoms with Gasteiger partial charge in [-0.3, -0.25) is 0 Å². The van der Waals surface area contributed by atoms with E-state index < -0.39 is 17.9 Å². The first-order valence-corrected chi connectivity index (χ1v) is 4.95. The summed E-state index contributed by atoms with van der Waals surface area (Å²) in [5.41, 5.74) is 0. The van der Waals surface area contributed by atoms with E-state index >= 15 is 0 Å². The van der Waals surface area contributed by atoms with Gasteiger partial charge < -0.3 is 19.3 Å². The second kappa shape index (κ2) is 5.50. The number of carboxylic acids is 1. The summed E-state index contributed by atoms with van der Waals surface area (Å²) in [6, 6.07) is 0. The number of carbonyl (C=O) groups excluding carboxylic acids is 1. The van der Waals surface area contributed by atoms with Gasteiger partial charge in [0.25, 0.3) is 0 Å². The fourth-order valence-electron chi connectivity index (χ4n) is 1.35. The van der Waals surface area contributed by atoms with Crippen molar-refractivity contribution in [2.45, 2.75) is 25.0 Å². The van der Waals surface area contributed by atoms with Crippen LogP contribution in [0.15, 0.2) is 12.7 Å². The molecule has 0 aliphatic carbocycles. The van der Waals surface area contributed by atoms with Gasteiger partial charge >= 0.3 is 17.9 Å². The molecule has 0 aromatic rings. The Morgan fingerprint density at radius 1 is 1.50 bits per heavy atom. The number of ether oxygens (including phenoxy) is 3. The third-order valence-corrected chi connectivity index (χ3v) is 2.13. The molecule has 1 heterocycles. The Balaban J connectivity index is 2.60. The molecule has 0 saturated carbocycles. The molecule has 16 heavy (non-hydrogen) atoms. The van der Waals surface area contributed by atoms with Gasteiger partial charge in [0.2, 0.25) is 0 Å². The number of aliphatic carboxylic acids is 1. The standard InChI is InChI=1S/C10H14O6/c1-2-6-14-9(13)16-10(8(11)12)5-3-4-7-15-10/h2H,1,3-7H2,(H,11,12). The highest BCUT2D eigenvalue weighted by Gasteiger charge is 2.46. The molecule has 90 valence electrons. The monoisotopic (exact) mass is 230 g/mol. The highest BCUT2D eigenvalue weighted by Crippen LogP contribution is 2.27. The van der Waals surface area contributed by atoms with E-state index in [4.69, 9.17) is 14.6 Å². The molecule has 1 aliphatic rings. The van der Waals surface area contributed by atoms with Crippen molar-refractivity contribution in [3.63, 3.8) is 0 Å².